The van der Waals surface area contributed by atoms with E-state index in [1.165, 1.54) is 72.8 Å². The van der Waals surface area contributed by atoms with E-state index in [1.54, 1.807) is 158 Å². The van der Waals surface area contributed by atoms with Gasteiger partial charge in [-0.2, -0.15) is 8.42 Å². The van der Waals surface area contributed by atoms with Crippen LogP contribution in [0.15, 0.2) is 281 Å². The van der Waals surface area contributed by atoms with Gasteiger partial charge in [-0.15, -0.1) is 4.33 Å². The highest BCUT2D eigenvalue weighted by molar-refractivity contribution is 7.94. The van der Waals surface area contributed by atoms with Gasteiger partial charge in [0.05, 0.1) is 51.2 Å². The smallest absolute Gasteiger partial charge is 0.298 e. The van der Waals surface area contributed by atoms with Crippen LogP contribution in [0.3, 0.4) is 0 Å². The number of para-hydroxylation sites is 1. The molecule has 0 radical (unpaired) electrons. The van der Waals surface area contributed by atoms with E-state index >= 15 is 0 Å². The lowest BCUT2D eigenvalue weighted by atomic mass is 10.1. The van der Waals surface area contributed by atoms with Crippen LogP contribution < -0.4 is 14.2 Å². The van der Waals surface area contributed by atoms with Gasteiger partial charge < -0.3 is 14.2 Å². The monoisotopic (exact) mass is 1280 g/mol. The fourth-order valence-corrected chi connectivity index (χ4v) is 14.0. The molecule has 0 amide bonds. The molecule has 0 aliphatic carbocycles. The van der Waals surface area contributed by atoms with Crippen LogP contribution in [-0.4, -0.2) is 58.2 Å². The number of rotatable bonds is 20. The number of benzene rings is 10. The molecule has 0 heterocycles. The van der Waals surface area contributed by atoms with Crippen molar-refractivity contribution in [2.75, 3.05) is 6.26 Å². The summed E-state index contributed by atoms with van der Waals surface area (Å²) in [5.74, 6) is 1.67. The summed E-state index contributed by atoms with van der Waals surface area (Å²) in [6, 6.07) is 61.8. The molecule has 23 heteroatoms. The molecule has 0 fully saturated rings. The fourth-order valence-electron chi connectivity index (χ4n) is 8.52. The van der Waals surface area contributed by atoms with Crippen LogP contribution in [0.2, 0.25) is 0 Å². The molecule has 2 N–H and O–H groups in total. The van der Waals surface area contributed by atoms with Gasteiger partial charge in [-0.3, -0.25) is 4.55 Å². The first-order valence-corrected chi connectivity index (χ1v) is 34.5. The predicted octanol–water partition coefficient (Wildman–Crippen LogP) is 14.2. The number of sulfone groups is 4. The van der Waals surface area contributed by atoms with Crippen molar-refractivity contribution in [1.82, 2.24) is 0 Å². The molecule has 10 aromatic carbocycles. The largest absolute Gasteiger partial charge is 0.457 e. The van der Waals surface area contributed by atoms with Crippen molar-refractivity contribution in [3.8, 4) is 45.6 Å². The summed E-state index contributed by atoms with van der Waals surface area (Å²) in [5.41, 5.74) is 4.58. The molecule has 0 aliphatic rings. The van der Waals surface area contributed by atoms with Crippen LogP contribution in [0.25, 0.3) is 11.1 Å². The van der Waals surface area contributed by atoms with Crippen molar-refractivity contribution < 1.29 is 75.5 Å². The molecular weight excluding hydrogens is 1230 g/mol. The van der Waals surface area contributed by atoms with Crippen molar-refractivity contribution in [3.05, 3.63) is 259 Å². The topological polar surface area (TPSA) is 257 Å². The number of ether oxygens (including phenoxy) is 3. The minimum atomic E-state index is -4.76. The molecule has 10 rings (SSSR count). The summed E-state index contributed by atoms with van der Waals surface area (Å²) in [6.07, 6.45) is 1.68. The van der Waals surface area contributed by atoms with Crippen LogP contribution in [0.5, 0.6) is 34.5 Å². The standard InChI is InChI=1S/C33H28O7S3.C31H24O10S3/c1-24-3-13-30(14-4-24)42(36,37)32-19-9-27(10-20-32)40-28-11-21-33(22-12-28)43(38,39)31-17-7-26(8-18-31)23-25-5-15-29(16-6-25)41(2,34)35;1-21-7-13-26(14-8-21)43(33,34)27-15-11-25(12-16-27)39-29-18-10-23(20-31(29)44(35,36)37)22-9-17-28(30(19-22)42-41-40-32)38-24-5-3-2-4-6-24/h3-22H,23H2,1-2H3;2-20,32H,1H3,(H,35,36,37). The maximum atomic E-state index is 13.2. The third-order valence-electron chi connectivity index (χ3n) is 13.1. The fraction of sp³-hybridized carbons (Fsp3) is 0.0625. The van der Waals surface area contributed by atoms with E-state index in [1.807, 2.05) is 19.9 Å². The summed E-state index contributed by atoms with van der Waals surface area (Å²) in [7, 11) is -19.2. The van der Waals surface area contributed by atoms with Gasteiger partial charge in [-0.1, -0.05) is 95.0 Å². The average Bonchev–Trinajstić information content (AvgIpc) is 1.88. The average molecular weight is 1290 g/mol. The minimum absolute atomic E-state index is 0.0306. The van der Waals surface area contributed by atoms with Gasteiger partial charge in [0.1, 0.15) is 39.4 Å². The molecule has 0 saturated carbocycles. The van der Waals surface area contributed by atoms with E-state index in [0.29, 0.717) is 57.5 Å². The number of hydrogen-bond donors (Lipinski definition) is 2. The van der Waals surface area contributed by atoms with Gasteiger partial charge in [0, 0.05) is 6.26 Å². The second-order valence-electron chi connectivity index (χ2n) is 19.4. The molecule has 10 aromatic rings. The van der Waals surface area contributed by atoms with Gasteiger partial charge >= 0.3 is 0 Å². The molecule has 87 heavy (non-hydrogen) atoms. The molecule has 446 valence electrons. The Labute approximate surface area is 508 Å². The molecular formula is C64H52O17S6. The second kappa shape index (κ2) is 26.7. The molecule has 0 spiro atoms. The van der Waals surface area contributed by atoms with Gasteiger partial charge in [-0.05, 0) is 200 Å². The lowest BCUT2D eigenvalue weighted by Crippen LogP contribution is -2.03. The highest BCUT2D eigenvalue weighted by Crippen LogP contribution is 2.40. The summed E-state index contributed by atoms with van der Waals surface area (Å²) in [4.78, 5) is 0.874. The first kappa shape index (κ1) is 63.1. The Morgan fingerprint density at radius 3 is 1.13 bits per heavy atom. The molecule has 0 atom stereocenters. The van der Waals surface area contributed by atoms with Crippen molar-refractivity contribution in [2.45, 2.75) is 64.3 Å². The normalized spacial score (nSPS) is 11.9. The van der Waals surface area contributed by atoms with Crippen LogP contribution in [-0.2, 0) is 65.3 Å². The zero-order valence-electron chi connectivity index (χ0n) is 46.2. The minimum Gasteiger partial charge on any atom is -0.457 e. The summed E-state index contributed by atoms with van der Waals surface area (Å²) in [6.45, 7) is 3.74. The lowest BCUT2D eigenvalue weighted by molar-refractivity contribution is -0.432. The zero-order chi connectivity index (χ0) is 62.2. The first-order chi connectivity index (χ1) is 41.4. The Kier molecular flexibility index (Phi) is 19.3. The molecule has 0 bridgehead atoms. The maximum absolute atomic E-state index is 13.2. The first-order valence-electron chi connectivity index (χ1n) is 25.9. The number of aryl methyl sites for hydroxylation is 2. The van der Waals surface area contributed by atoms with E-state index in [9.17, 15) is 46.6 Å². The van der Waals surface area contributed by atoms with Crippen LogP contribution in [0, 0.1) is 13.8 Å². The Morgan fingerprint density at radius 2 is 0.724 bits per heavy atom. The van der Waals surface area contributed by atoms with Crippen molar-refractivity contribution >= 4 is 61.5 Å². The van der Waals surface area contributed by atoms with E-state index in [-0.39, 0.29) is 45.8 Å². The van der Waals surface area contributed by atoms with E-state index in [4.69, 9.17) is 19.5 Å². The molecule has 17 nitrogen and oxygen atoms in total. The molecule has 0 aromatic heterocycles. The van der Waals surface area contributed by atoms with E-state index in [0.717, 1.165) is 28.5 Å². The van der Waals surface area contributed by atoms with Crippen LogP contribution in [0.4, 0.5) is 0 Å². The van der Waals surface area contributed by atoms with Gasteiger partial charge in [0.25, 0.3) is 10.1 Å². The quantitative estimate of drug-likeness (QED) is 0.0311. The van der Waals surface area contributed by atoms with Crippen molar-refractivity contribution in [2.24, 2.45) is 0 Å². The lowest BCUT2D eigenvalue weighted by Gasteiger charge is -2.14. The van der Waals surface area contributed by atoms with Gasteiger partial charge in [0.2, 0.25) is 29.5 Å². The molecule has 0 aliphatic heterocycles. The third-order valence-corrected chi connectivity index (χ3v) is 21.1. The summed E-state index contributed by atoms with van der Waals surface area (Å²) >= 11 is 0.659. The van der Waals surface area contributed by atoms with Crippen LogP contribution in [0.1, 0.15) is 22.3 Å². The highest BCUT2D eigenvalue weighted by Gasteiger charge is 2.23. The van der Waals surface area contributed by atoms with E-state index < -0.39 is 54.4 Å². The SMILES string of the molecule is Cc1ccc(S(=O)(=O)c2ccc(Oc3ccc(-c4ccc(Oc5ccccc5)c(SOOO)c4)cc3S(=O)(=O)O)cc2)cc1.Cc1ccc(S(=O)(=O)c2ccc(Oc3ccc(S(=O)(=O)c4ccc(Cc5ccc(S(C)(=O)=O)cc5)cc4)cc3)cc2)cc1. The number of hydrogen-bond acceptors (Lipinski definition) is 17. The Balaban J connectivity index is 0.000000208. The molecule has 0 saturated heterocycles. The predicted molar refractivity (Wildman–Crippen MR) is 326 cm³/mol. The maximum Gasteiger partial charge on any atom is 0.298 e. The Hall–Kier alpha value is -8.46. The van der Waals surface area contributed by atoms with Gasteiger partial charge in [-0.25, -0.2) is 38.9 Å². The summed E-state index contributed by atoms with van der Waals surface area (Å²) < 4.78 is 158. The van der Waals surface area contributed by atoms with Crippen LogP contribution >= 0.6 is 12.0 Å². The highest BCUT2D eigenvalue weighted by atomic mass is 32.2. The van der Waals surface area contributed by atoms with Crippen molar-refractivity contribution in [1.29, 1.82) is 0 Å². The molecule has 0 unspecified atom stereocenters. The van der Waals surface area contributed by atoms with Crippen molar-refractivity contribution in [3.63, 3.8) is 0 Å². The Morgan fingerprint density at radius 1 is 0.379 bits per heavy atom. The Bertz CT molecular complexity index is 4650. The summed E-state index contributed by atoms with van der Waals surface area (Å²) in [5, 5.41) is 12.4. The van der Waals surface area contributed by atoms with Gasteiger partial charge in [0.15, 0.2) is 9.84 Å². The zero-order valence-corrected chi connectivity index (χ0v) is 51.1. The second-order valence-corrected chi connectivity index (χ2v) is 29.4. The third kappa shape index (κ3) is 15.8. The van der Waals surface area contributed by atoms with E-state index in [2.05, 4.69) is 9.37 Å².